The van der Waals surface area contributed by atoms with Crippen molar-refractivity contribution in [2.24, 2.45) is 0 Å². The van der Waals surface area contributed by atoms with Crippen molar-refractivity contribution in [3.8, 4) is 5.75 Å². The van der Waals surface area contributed by atoms with Crippen molar-refractivity contribution >= 4 is 28.2 Å². The lowest BCUT2D eigenvalue weighted by atomic mass is 9.95. The number of esters is 1. The Morgan fingerprint density at radius 2 is 1.88 bits per heavy atom. The van der Waals surface area contributed by atoms with Crippen LogP contribution in [-0.2, 0) is 17.6 Å². The van der Waals surface area contributed by atoms with E-state index in [1.54, 1.807) is 24.3 Å². The molecule has 0 spiro atoms. The zero-order valence-electron chi connectivity index (χ0n) is 13.7. The van der Waals surface area contributed by atoms with E-state index in [1.165, 1.54) is 25.6 Å². The Hall–Kier alpha value is -2.34. The third-order valence-electron chi connectivity index (χ3n) is 4.14. The molecule has 5 nitrogen and oxygen atoms in total. The van der Waals surface area contributed by atoms with E-state index in [2.05, 4.69) is 5.32 Å². The fourth-order valence-electron chi connectivity index (χ4n) is 2.97. The van der Waals surface area contributed by atoms with Gasteiger partial charge < -0.3 is 14.8 Å². The van der Waals surface area contributed by atoms with Crippen molar-refractivity contribution in [3.63, 3.8) is 0 Å². The molecule has 0 saturated heterocycles. The van der Waals surface area contributed by atoms with Gasteiger partial charge in [0, 0.05) is 4.88 Å². The summed E-state index contributed by atoms with van der Waals surface area (Å²) in [6, 6.07) is 7.01. The molecule has 1 heterocycles. The lowest BCUT2D eigenvalue weighted by Crippen LogP contribution is -2.15. The number of anilines is 1. The number of nitrogens with one attached hydrogen (secondary N) is 1. The Morgan fingerprint density at radius 1 is 1.12 bits per heavy atom. The van der Waals surface area contributed by atoms with E-state index in [-0.39, 0.29) is 5.91 Å². The third kappa shape index (κ3) is 3.01. The predicted octanol–water partition coefficient (Wildman–Crippen LogP) is 3.67. The number of ether oxygens (including phenoxy) is 2. The molecule has 126 valence electrons. The van der Waals surface area contributed by atoms with Crippen LogP contribution in [0.3, 0.4) is 0 Å². The number of benzene rings is 1. The maximum absolute atomic E-state index is 12.6. The molecule has 24 heavy (non-hydrogen) atoms. The van der Waals surface area contributed by atoms with E-state index in [0.29, 0.717) is 21.9 Å². The normalized spacial score (nSPS) is 13.1. The molecule has 1 aromatic heterocycles. The van der Waals surface area contributed by atoms with Crippen LogP contribution < -0.4 is 10.1 Å². The average Bonchev–Trinajstić information content (AvgIpc) is 2.98. The highest BCUT2D eigenvalue weighted by molar-refractivity contribution is 7.17. The topological polar surface area (TPSA) is 64.6 Å². The Labute approximate surface area is 144 Å². The van der Waals surface area contributed by atoms with Crippen LogP contribution in [0.25, 0.3) is 0 Å². The van der Waals surface area contributed by atoms with Gasteiger partial charge in [-0.05, 0) is 43.4 Å². The summed E-state index contributed by atoms with van der Waals surface area (Å²) >= 11 is 1.47. The van der Waals surface area contributed by atoms with Crippen molar-refractivity contribution in [2.75, 3.05) is 19.5 Å². The first kappa shape index (κ1) is 16.5. The van der Waals surface area contributed by atoms with Gasteiger partial charge in [-0.1, -0.05) is 12.1 Å². The molecule has 1 aliphatic carbocycles. The number of thiophene rings is 1. The van der Waals surface area contributed by atoms with Gasteiger partial charge in [-0.25, -0.2) is 4.79 Å². The standard InChI is InChI=1S/C18H19NO4S/c1-22-13-9-5-3-7-11(13)16(20)19-17-15(18(21)23-2)12-8-4-6-10-14(12)24-17/h3,5,7,9H,4,6,8,10H2,1-2H3,(H,19,20). The largest absolute Gasteiger partial charge is 0.496 e. The third-order valence-corrected chi connectivity index (χ3v) is 5.35. The Morgan fingerprint density at radius 3 is 2.62 bits per heavy atom. The number of rotatable bonds is 4. The Kier molecular flexibility index (Phi) is 4.85. The number of carbonyl (C=O) groups excluding carboxylic acids is 2. The second-order valence-corrected chi connectivity index (χ2v) is 6.67. The van der Waals surface area contributed by atoms with Gasteiger partial charge in [-0.2, -0.15) is 0 Å². The number of amides is 1. The number of carbonyl (C=O) groups is 2. The molecule has 0 aliphatic heterocycles. The maximum Gasteiger partial charge on any atom is 0.341 e. The second kappa shape index (κ2) is 7.05. The highest BCUT2D eigenvalue weighted by Gasteiger charge is 2.27. The maximum atomic E-state index is 12.6. The Balaban J connectivity index is 1.96. The number of hydrogen-bond donors (Lipinski definition) is 1. The van der Waals surface area contributed by atoms with Gasteiger partial charge in [0.25, 0.3) is 5.91 Å². The number of methoxy groups -OCH3 is 2. The van der Waals surface area contributed by atoms with Crippen LogP contribution in [0.5, 0.6) is 5.75 Å². The van der Waals surface area contributed by atoms with Crippen LogP contribution >= 0.6 is 11.3 Å². The first-order chi connectivity index (χ1) is 11.7. The van der Waals surface area contributed by atoms with Gasteiger partial charge in [0.05, 0.1) is 25.3 Å². The van der Waals surface area contributed by atoms with E-state index in [4.69, 9.17) is 9.47 Å². The summed E-state index contributed by atoms with van der Waals surface area (Å²) in [7, 11) is 2.89. The number of fused-ring (bicyclic) bond motifs is 1. The minimum absolute atomic E-state index is 0.295. The molecule has 1 aromatic carbocycles. The summed E-state index contributed by atoms with van der Waals surface area (Å²) in [5.41, 5.74) is 1.95. The molecule has 0 fully saturated rings. The van der Waals surface area contributed by atoms with E-state index in [0.717, 1.165) is 36.1 Å². The molecular weight excluding hydrogens is 326 g/mol. The van der Waals surface area contributed by atoms with Crippen LogP contribution in [0.15, 0.2) is 24.3 Å². The summed E-state index contributed by atoms with van der Waals surface area (Å²) in [6.45, 7) is 0. The molecule has 0 atom stereocenters. The molecule has 0 bridgehead atoms. The average molecular weight is 345 g/mol. The number of aryl methyl sites for hydroxylation is 1. The van der Waals surface area contributed by atoms with Crippen molar-refractivity contribution in [3.05, 3.63) is 45.8 Å². The smallest absolute Gasteiger partial charge is 0.341 e. The van der Waals surface area contributed by atoms with Crippen molar-refractivity contribution < 1.29 is 19.1 Å². The van der Waals surface area contributed by atoms with Crippen molar-refractivity contribution in [1.82, 2.24) is 0 Å². The van der Waals surface area contributed by atoms with Crippen LogP contribution in [-0.4, -0.2) is 26.1 Å². The van der Waals surface area contributed by atoms with Gasteiger partial charge in [0.1, 0.15) is 10.8 Å². The van der Waals surface area contributed by atoms with Gasteiger partial charge >= 0.3 is 5.97 Å². The summed E-state index contributed by atoms with van der Waals surface area (Å²) in [5, 5.41) is 3.43. The summed E-state index contributed by atoms with van der Waals surface area (Å²) in [6.07, 6.45) is 3.94. The quantitative estimate of drug-likeness (QED) is 0.859. The highest BCUT2D eigenvalue weighted by Crippen LogP contribution is 2.39. The SMILES string of the molecule is COC(=O)c1c(NC(=O)c2ccccc2OC)sc2c1CCCC2. The fraction of sp³-hybridized carbons (Fsp3) is 0.333. The molecule has 2 aromatic rings. The monoisotopic (exact) mass is 345 g/mol. The molecule has 1 N–H and O–H groups in total. The van der Waals surface area contributed by atoms with Crippen LogP contribution in [0.1, 0.15) is 44.0 Å². The molecule has 0 radical (unpaired) electrons. The van der Waals surface area contributed by atoms with Gasteiger partial charge in [-0.15, -0.1) is 11.3 Å². The van der Waals surface area contributed by atoms with Crippen molar-refractivity contribution in [2.45, 2.75) is 25.7 Å². The first-order valence-electron chi connectivity index (χ1n) is 7.83. The summed E-state index contributed by atoms with van der Waals surface area (Å²) in [4.78, 5) is 26.0. The van der Waals surface area contributed by atoms with Crippen LogP contribution in [0, 0.1) is 0 Å². The first-order valence-corrected chi connectivity index (χ1v) is 8.64. The van der Waals surface area contributed by atoms with E-state index < -0.39 is 5.97 Å². The van der Waals surface area contributed by atoms with Gasteiger partial charge in [0.15, 0.2) is 0 Å². The van der Waals surface area contributed by atoms with Crippen LogP contribution in [0.4, 0.5) is 5.00 Å². The van der Waals surface area contributed by atoms with E-state index in [9.17, 15) is 9.59 Å². The number of para-hydroxylation sites is 1. The summed E-state index contributed by atoms with van der Waals surface area (Å²) in [5.74, 6) is -0.197. The van der Waals surface area contributed by atoms with Gasteiger partial charge in [-0.3, -0.25) is 4.79 Å². The lowest BCUT2D eigenvalue weighted by molar-refractivity contribution is 0.0601. The molecule has 0 unspecified atom stereocenters. The fourth-order valence-corrected chi connectivity index (χ4v) is 4.25. The minimum Gasteiger partial charge on any atom is -0.496 e. The predicted molar refractivity (Wildman–Crippen MR) is 93.2 cm³/mol. The number of hydrogen-bond acceptors (Lipinski definition) is 5. The molecular formula is C18H19NO4S. The lowest BCUT2D eigenvalue weighted by Gasteiger charge is -2.12. The second-order valence-electron chi connectivity index (χ2n) is 5.56. The molecule has 1 amide bonds. The zero-order chi connectivity index (χ0) is 17.1. The molecule has 6 heteroatoms. The van der Waals surface area contributed by atoms with E-state index >= 15 is 0 Å². The van der Waals surface area contributed by atoms with Crippen molar-refractivity contribution in [1.29, 1.82) is 0 Å². The van der Waals surface area contributed by atoms with Crippen LogP contribution in [0.2, 0.25) is 0 Å². The highest BCUT2D eigenvalue weighted by atomic mass is 32.1. The van der Waals surface area contributed by atoms with E-state index in [1.807, 2.05) is 0 Å². The molecule has 1 aliphatic rings. The molecule has 0 saturated carbocycles. The van der Waals surface area contributed by atoms with Gasteiger partial charge in [0.2, 0.25) is 0 Å². The Bertz CT molecular complexity index is 781. The zero-order valence-corrected chi connectivity index (χ0v) is 14.5. The minimum atomic E-state index is -0.398. The molecule has 3 rings (SSSR count). The summed E-state index contributed by atoms with van der Waals surface area (Å²) < 4.78 is 10.2.